The molecular formula is C18H31N5O3S. The van der Waals surface area contributed by atoms with Crippen LogP contribution in [-0.4, -0.2) is 45.1 Å². The zero-order valence-corrected chi connectivity index (χ0v) is 17.8. The van der Waals surface area contributed by atoms with Crippen LogP contribution >= 0.6 is 11.5 Å². The first-order valence-corrected chi connectivity index (χ1v) is 9.85. The minimum Gasteiger partial charge on any atom is -0.395 e. The second-order valence-electron chi connectivity index (χ2n) is 7.88. The van der Waals surface area contributed by atoms with Gasteiger partial charge in [-0.05, 0) is 51.1 Å². The number of nitrogen functional groups attached to an aromatic ring is 1. The molecule has 1 aromatic rings. The average molecular weight is 398 g/mol. The third-order valence-electron chi connectivity index (χ3n) is 4.12. The minimum absolute atomic E-state index is 0.0400. The van der Waals surface area contributed by atoms with E-state index in [9.17, 15) is 14.4 Å². The molecule has 0 saturated carbocycles. The van der Waals surface area contributed by atoms with Crippen LogP contribution in [0.25, 0.3) is 0 Å². The van der Waals surface area contributed by atoms with Gasteiger partial charge in [0.2, 0.25) is 5.91 Å². The Morgan fingerprint density at radius 1 is 1.26 bits per heavy atom. The highest BCUT2D eigenvalue weighted by Crippen LogP contribution is 2.28. The third-order valence-corrected chi connectivity index (χ3v) is 4.97. The Hall–Kier alpha value is -2.16. The fourth-order valence-electron chi connectivity index (χ4n) is 2.74. The maximum Gasteiger partial charge on any atom is 0.270 e. The van der Waals surface area contributed by atoms with Crippen molar-refractivity contribution in [3.05, 3.63) is 10.6 Å². The van der Waals surface area contributed by atoms with Crippen LogP contribution in [0.4, 0.5) is 5.69 Å². The van der Waals surface area contributed by atoms with E-state index in [1.54, 1.807) is 0 Å². The molecule has 3 amide bonds. The van der Waals surface area contributed by atoms with Crippen LogP contribution < -0.4 is 16.8 Å². The van der Waals surface area contributed by atoms with Crippen molar-refractivity contribution >= 4 is 34.9 Å². The molecule has 1 rings (SSSR count). The quantitative estimate of drug-likeness (QED) is 0.617. The zero-order chi connectivity index (χ0) is 20.9. The molecule has 5 N–H and O–H groups in total. The molecule has 0 bridgehead atoms. The first kappa shape index (κ1) is 22.9. The molecular weight excluding hydrogens is 366 g/mol. The molecule has 1 unspecified atom stereocenters. The third kappa shape index (κ3) is 5.66. The Labute approximate surface area is 164 Å². The number of nitrogens with zero attached hydrogens (tertiary/aromatic N) is 2. The van der Waals surface area contributed by atoms with Crippen molar-refractivity contribution in [2.45, 2.75) is 66.0 Å². The smallest absolute Gasteiger partial charge is 0.270 e. The largest absolute Gasteiger partial charge is 0.395 e. The topological polar surface area (TPSA) is 131 Å². The van der Waals surface area contributed by atoms with Gasteiger partial charge in [0.25, 0.3) is 11.8 Å². The first-order chi connectivity index (χ1) is 12.4. The van der Waals surface area contributed by atoms with Crippen LogP contribution in [0.5, 0.6) is 0 Å². The van der Waals surface area contributed by atoms with Crippen LogP contribution in [0.3, 0.4) is 0 Å². The summed E-state index contributed by atoms with van der Waals surface area (Å²) in [7, 11) is 0. The second kappa shape index (κ2) is 9.16. The molecule has 0 spiro atoms. The summed E-state index contributed by atoms with van der Waals surface area (Å²) in [6, 6.07) is -0.664. The number of nitrogens with two attached hydrogens (primary N) is 2. The summed E-state index contributed by atoms with van der Waals surface area (Å²) in [5.41, 5.74) is 10.4. The van der Waals surface area contributed by atoms with Gasteiger partial charge in [0.05, 0.1) is 5.69 Å². The zero-order valence-electron chi connectivity index (χ0n) is 17.0. The molecule has 152 valence electrons. The van der Waals surface area contributed by atoms with Crippen molar-refractivity contribution in [3.8, 4) is 0 Å². The number of aromatic nitrogens is 1. The number of amides is 3. The van der Waals surface area contributed by atoms with Crippen molar-refractivity contribution in [1.29, 1.82) is 0 Å². The van der Waals surface area contributed by atoms with E-state index in [0.29, 0.717) is 18.9 Å². The highest BCUT2D eigenvalue weighted by Gasteiger charge is 2.38. The average Bonchev–Trinajstić information content (AvgIpc) is 2.91. The van der Waals surface area contributed by atoms with Crippen molar-refractivity contribution in [2.75, 3.05) is 12.3 Å². The molecule has 0 aliphatic rings. The lowest BCUT2D eigenvalue weighted by molar-refractivity contribution is -0.127. The summed E-state index contributed by atoms with van der Waals surface area (Å²) in [6.07, 6.45) is 1.30. The predicted octanol–water partition coefficient (Wildman–Crippen LogP) is 2.01. The number of primary amides is 1. The van der Waals surface area contributed by atoms with Gasteiger partial charge in [-0.1, -0.05) is 20.8 Å². The molecule has 0 fully saturated rings. The van der Waals surface area contributed by atoms with Crippen molar-refractivity contribution in [1.82, 2.24) is 14.6 Å². The molecule has 0 aliphatic heterocycles. The van der Waals surface area contributed by atoms with Crippen LogP contribution in [-0.2, 0) is 4.79 Å². The molecule has 0 aromatic carbocycles. The second-order valence-corrected chi connectivity index (χ2v) is 8.66. The van der Waals surface area contributed by atoms with E-state index in [1.807, 2.05) is 27.7 Å². The SMILES string of the molecule is CCC(C(=O)NCCC(C)C)N(C(=O)c1snc(C(N)=O)c1N)C(C)(C)C. The van der Waals surface area contributed by atoms with Crippen LogP contribution in [0, 0.1) is 5.92 Å². The maximum atomic E-state index is 13.2. The summed E-state index contributed by atoms with van der Waals surface area (Å²) < 4.78 is 3.89. The van der Waals surface area contributed by atoms with Crippen molar-refractivity contribution < 1.29 is 14.4 Å². The lowest BCUT2D eigenvalue weighted by Crippen LogP contribution is -2.57. The molecule has 27 heavy (non-hydrogen) atoms. The summed E-state index contributed by atoms with van der Waals surface area (Å²) in [4.78, 5) is 39.0. The maximum absolute atomic E-state index is 13.2. The van der Waals surface area contributed by atoms with Gasteiger partial charge in [-0.2, -0.15) is 4.37 Å². The number of nitrogens with one attached hydrogen (secondary N) is 1. The Bertz CT molecular complexity index is 694. The van der Waals surface area contributed by atoms with Gasteiger partial charge in [-0.25, -0.2) is 0 Å². The lowest BCUT2D eigenvalue weighted by Gasteiger charge is -2.40. The van der Waals surface area contributed by atoms with Crippen LogP contribution in [0.15, 0.2) is 0 Å². The fourth-order valence-corrected chi connectivity index (χ4v) is 3.48. The van der Waals surface area contributed by atoms with Gasteiger partial charge < -0.3 is 21.7 Å². The normalized spacial score (nSPS) is 12.7. The van der Waals surface area contributed by atoms with E-state index in [-0.39, 0.29) is 22.2 Å². The Balaban J connectivity index is 3.18. The lowest BCUT2D eigenvalue weighted by atomic mass is 9.99. The molecule has 9 heteroatoms. The number of carbonyl (C=O) groups is 3. The summed E-state index contributed by atoms with van der Waals surface area (Å²) in [6.45, 7) is 12.1. The van der Waals surface area contributed by atoms with E-state index in [2.05, 4.69) is 23.5 Å². The van der Waals surface area contributed by atoms with Gasteiger partial charge >= 0.3 is 0 Å². The summed E-state index contributed by atoms with van der Waals surface area (Å²) in [5, 5.41) is 2.91. The van der Waals surface area contributed by atoms with Crippen LogP contribution in [0.1, 0.15) is 74.5 Å². The van der Waals surface area contributed by atoms with Gasteiger partial charge in [0, 0.05) is 12.1 Å². The van der Waals surface area contributed by atoms with Gasteiger partial charge in [-0.15, -0.1) is 0 Å². The Morgan fingerprint density at radius 2 is 1.85 bits per heavy atom. The molecule has 1 heterocycles. The van der Waals surface area contributed by atoms with E-state index < -0.39 is 23.4 Å². The molecule has 8 nitrogen and oxygen atoms in total. The van der Waals surface area contributed by atoms with Crippen LogP contribution in [0.2, 0.25) is 0 Å². The standard InChI is InChI=1S/C18H31N5O3S/c1-7-11(16(25)21-9-8-10(2)3)23(18(4,5)6)17(26)14-12(19)13(15(20)24)22-27-14/h10-11H,7-9,19H2,1-6H3,(H2,20,24)(H,21,25). The number of hydrogen-bond acceptors (Lipinski definition) is 6. The number of rotatable bonds is 8. The van der Waals surface area contributed by atoms with E-state index in [1.165, 1.54) is 4.90 Å². The molecule has 0 aliphatic carbocycles. The van der Waals surface area contributed by atoms with Gasteiger partial charge in [0.1, 0.15) is 10.9 Å². The molecule has 0 saturated heterocycles. The minimum atomic E-state index is -0.788. The van der Waals surface area contributed by atoms with E-state index in [4.69, 9.17) is 11.5 Å². The monoisotopic (exact) mass is 397 g/mol. The molecule has 0 radical (unpaired) electrons. The Morgan fingerprint density at radius 3 is 2.26 bits per heavy atom. The van der Waals surface area contributed by atoms with Crippen molar-refractivity contribution in [3.63, 3.8) is 0 Å². The predicted molar refractivity (Wildman–Crippen MR) is 108 cm³/mol. The van der Waals surface area contributed by atoms with Gasteiger partial charge in [0.15, 0.2) is 5.69 Å². The summed E-state index contributed by atoms with van der Waals surface area (Å²) >= 11 is 0.820. The molecule has 1 aromatic heterocycles. The van der Waals surface area contributed by atoms with E-state index in [0.717, 1.165) is 18.0 Å². The molecule has 1 atom stereocenters. The van der Waals surface area contributed by atoms with E-state index >= 15 is 0 Å². The number of anilines is 1. The van der Waals surface area contributed by atoms with Gasteiger partial charge in [-0.3, -0.25) is 14.4 Å². The highest BCUT2D eigenvalue weighted by atomic mass is 32.1. The summed E-state index contributed by atoms with van der Waals surface area (Å²) in [5.74, 6) is -0.964. The highest BCUT2D eigenvalue weighted by molar-refractivity contribution is 7.09. The Kier molecular flexibility index (Phi) is 7.77. The van der Waals surface area contributed by atoms with Crippen molar-refractivity contribution in [2.24, 2.45) is 11.7 Å². The number of carbonyl (C=O) groups excluding carboxylic acids is 3. The number of hydrogen-bond donors (Lipinski definition) is 3. The fraction of sp³-hybridized carbons (Fsp3) is 0.667. The first-order valence-electron chi connectivity index (χ1n) is 9.08.